The molecule has 1 aromatic heterocycles. The monoisotopic (exact) mass is 230 g/mol. The van der Waals surface area contributed by atoms with Gasteiger partial charge in [0, 0.05) is 23.3 Å². The van der Waals surface area contributed by atoms with Crippen LogP contribution in [0.1, 0.15) is 10.4 Å². The molecule has 0 bridgehead atoms. The van der Waals surface area contributed by atoms with Crippen LogP contribution in [0.2, 0.25) is 0 Å². The maximum atomic E-state index is 8.76. The highest BCUT2D eigenvalue weighted by Crippen LogP contribution is 2.22. The van der Waals surface area contributed by atoms with E-state index in [0.29, 0.717) is 12.1 Å². The van der Waals surface area contributed by atoms with E-state index in [1.54, 1.807) is 18.3 Å². The second kappa shape index (κ2) is 4.75. The summed E-state index contributed by atoms with van der Waals surface area (Å²) < 4.78 is 0. The fourth-order valence-corrected chi connectivity index (χ4v) is 1.96. The average Bonchev–Trinajstić information content (AvgIpc) is 2.77. The van der Waals surface area contributed by atoms with Crippen LogP contribution in [0.15, 0.2) is 30.5 Å². The molecule has 3 N–H and O–H groups in total. The molecule has 0 saturated carbocycles. The molecule has 2 aromatic rings. The molecule has 0 atom stereocenters. The third-order valence-corrected chi connectivity index (χ3v) is 2.93. The Morgan fingerprint density at radius 1 is 1.50 bits per heavy atom. The van der Waals surface area contributed by atoms with Crippen molar-refractivity contribution in [2.24, 2.45) is 5.73 Å². The number of rotatable bonds is 3. The van der Waals surface area contributed by atoms with Crippen molar-refractivity contribution in [3.05, 3.63) is 40.9 Å². The van der Waals surface area contributed by atoms with Gasteiger partial charge in [-0.05, 0) is 18.2 Å². The van der Waals surface area contributed by atoms with Gasteiger partial charge in [0.05, 0.1) is 11.6 Å². The molecule has 4 nitrogen and oxygen atoms in total. The average molecular weight is 230 g/mol. The SMILES string of the molecule is N#Cc1cccc(Nc2ncc(CN)s2)c1. The second-order valence-corrected chi connectivity index (χ2v) is 4.27. The Morgan fingerprint density at radius 2 is 2.38 bits per heavy atom. The molecule has 0 saturated heterocycles. The highest BCUT2D eigenvalue weighted by molar-refractivity contribution is 7.15. The minimum atomic E-state index is 0.498. The molecular formula is C11H10N4S. The van der Waals surface area contributed by atoms with Gasteiger partial charge in [0.15, 0.2) is 5.13 Å². The van der Waals surface area contributed by atoms with Crippen LogP contribution in [-0.4, -0.2) is 4.98 Å². The van der Waals surface area contributed by atoms with Crippen molar-refractivity contribution in [2.45, 2.75) is 6.54 Å². The first kappa shape index (κ1) is 10.6. The molecule has 0 spiro atoms. The first-order valence-electron chi connectivity index (χ1n) is 4.74. The molecule has 1 aromatic carbocycles. The molecule has 1 heterocycles. The summed E-state index contributed by atoms with van der Waals surface area (Å²) in [7, 11) is 0. The van der Waals surface area contributed by atoms with Crippen LogP contribution in [-0.2, 0) is 6.54 Å². The molecule has 0 aliphatic carbocycles. The molecule has 0 aliphatic rings. The van der Waals surface area contributed by atoms with Crippen molar-refractivity contribution in [3.8, 4) is 6.07 Å². The van der Waals surface area contributed by atoms with E-state index in [1.807, 2.05) is 12.1 Å². The lowest BCUT2D eigenvalue weighted by atomic mass is 10.2. The summed E-state index contributed by atoms with van der Waals surface area (Å²) in [5.41, 5.74) is 6.99. The maximum absolute atomic E-state index is 8.76. The Kier molecular flexibility index (Phi) is 3.15. The molecule has 16 heavy (non-hydrogen) atoms. The van der Waals surface area contributed by atoms with Crippen molar-refractivity contribution in [1.82, 2.24) is 4.98 Å². The molecule has 2 rings (SSSR count). The third kappa shape index (κ3) is 2.37. The van der Waals surface area contributed by atoms with Crippen LogP contribution in [0.3, 0.4) is 0 Å². The van der Waals surface area contributed by atoms with Gasteiger partial charge in [-0.15, -0.1) is 11.3 Å². The highest BCUT2D eigenvalue weighted by Gasteiger charge is 2.01. The second-order valence-electron chi connectivity index (χ2n) is 3.15. The predicted molar refractivity (Wildman–Crippen MR) is 64.4 cm³/mol. The Labute approximate surface area is 97.4 Å². The third-order valence-electron chi connectivity index (χ3n) is 2.00. The molecule has 0 unspecified atom stereocenters. The normalized spacial score (nSPS) is 9.75. The van der Waals surface area contributed by atoms with Crippen molar-refractivity contribution in [2.75, 3.05) is 5.32 Å². The molecule has 80 valence electrons. The van der Waals surface area contributed by atoms with Crippen molar-refractivity contribution in [3.63, 3.8) is 0 Å². The van der Waals surface area contributed by atoms with Crippen LogP contribution < -0.4 is 11.1 Å². The van der Waals surface area contributed by atoms with Gasteiger partial charge in [-0.25, -0.2) is 4.98 Å². The zero-order valence-corrected chi connectivity index (χ0v) is 9.29. The van der Waals surface area contributed by atoms with E-state index in [-0.39, 0.29) is 0 Å². The highest BCUT2D eigenvalue weighted by atomic mass is 32.1. The summed E-state index contributed by atoms with van der Waals surface area (Å²) in [4.78, 5) is 5.21. The van der Waals surface area contributed by atoms with E-state index in [1.165, 1.54) is 11.3 Å². The Hall–Kier alpha value is -1.90. The van der Waals surface area contributed by atoms with E-state index in [2.05, 4.69) is 16.4 Å². The topological polar surface area (TPSA) is 74.7 Å². The zero-order valence-electron chi connectivity index (χ0n) is 8.47. The standard InChI is InChI=1S/C11H10N4S/c12-5-8-2-1-3-9(4-8)15-11-14-7-10(6-13)16-11/h1-4,7H,6,13H2,(H,14,15). The maximum Gasteiger partial charge on any atom is 0.187 e. The van der Waals surface area contributed by atoms with Gasteiger partial charge in [-0.3, -0.25) is 0 Å². The summed E-state index contributed by atoms with van der Waals surface area (Å²) in [6.07, 6.45) is 1.75. The molecular weight excluding hydrogens is 220 g/mol. The summed E-state index contributed by atoms with van der Waals surface area (Å²) in [6, 6.07) is 9.36. The van der Waals surface area contributed by atoms with Crippen LogP contribution in [0.25, 0.3) is 0 Å². The number of hydrogen-bond acceptors (Lipinski definition) is 5. The quantitative estimate of drug-likeness (QED) is 0.847. The van der Waals surface area contributed by atoms with Gasteiger partial charge < -0.3 is 11.1 Å². The number of nitriles is 1. The minimum absolute atomic E-state index is 0.498. The van der Waals surface area contributed by atoms with Crippen LogP contribution >= 0.6 is 11.3 Å². The number of aromatic nitrogens is 1. The number of nitrogens with two attached hydrogens (primary N) is 1. The van der Waals surface area contributed by atoms with Gasteiger partial charge in [0.1, 0.15) is 0 Å². The lowest BCUT2D eigenvalue weighted by Crippen LogP contribution is -1.91. The van der Waals surface area contributed by atoms with Gasteiger partial charge in [0.2, 0.25) is 0 Å². The summed E-state index contributed by atoms with van der Waals surface area (Å²) in [5.74, 6) is 0. The number of nitrogens with one attached hydrogen (secondary N) is 1. The van der Waals surface area contributed by atoms with Gasteiger partial charge in [0.25, 0.3) is 0 Å². The van der Waals surface area contributed by atoms with Crippen LogP contribution in [0, 0.1) is 11.3 Å². The van der Waals surface area contributed by atoms with Crippen molar-refractivity contribution < 1.29 is 0 Å². The molecule has 5 heteroatoms. The van der Waals surface area contributed by atoms with Gasteiger partial charge in [-0.1, -0.05) is 6.07 Å². The van der Waals surface area contributed by atoms with Crippen LogP contribution in [0.5, 0.6) is 0 Å². The molecule has 0 aliphatic heterocycles. The largest absolute Gasteiger partial charge is 0.332 e. The van der Waals surface area contributed by atoms with E-state index in [9.17, 15) is 0 Å². The van der Waals surface area contributed by atoms with E-state index in [0.717, 1.165) is 15.7 Å². The Balaban J connectivity index is 2.17. The number of benzene rings is 1. The Bertz CT molecular complexity index is 527. The molecule has 0 amide bonds. The van der Waals surface area contributed by atoms with E-state index in [4.69, 9.17) is 11.0 Å². The smallest absolute Gasteiger partial charge is 0.187 e. The lowest BCUT2D eigenvalue weighted by Gasteiger charge is -2.01. The Morgan fingerprint density at radius 3 is 3.06 bits per heavy atom. The lowest BCUT2D eigenvalue weighted by molar-refractivity contribution is 1.10. The molecule has 0 radical (unpaired) electrons. The fraction of sp³-hybridized carbons (Fsp3) is 0.0909. The first-order valence-corrected chi connectivity index (χ1v) is 5.55. The first-order chi connectivity index (χ1) is 7.81. The number of anilines is 2. The van der Waals surface area contributed by atoms with E-state index < -0.39 is 0 Å². The zero-order chi connectivity index (χ0) is 11.4. The minimum Gasteiger partial charge on any atom is -0.332 e. The summed E-state index contributed by atoms with van der Waals surface area (Å²) >= 11 is 1.51. The number of hydrogen-bond donors (Lipinski definition) is 2. The number of nitrogens with zero attached hydrogens (tertiary/aromatic N) is 2. The van der Waals surface area contributed by atoms with Crippen LogP contribution in [0.4, 0.5) is 10.8 Å². The molecule has 0 fully saturated rings. The van der Waals surface area contributed by atoms with E-state index >= 15 is 0 Å². The predicted octanol–water partition coefficient (Wildman–Crippen LogP) is 2.22. The number of thiazole rings is 1. The summed E-state index contributed by atoms with van der Waals surface area (Å²) in [6.45, 7) is 0.498. The summed E-state index contributed by atoms with van der Waals surface area (Å²) in [5, 5.41) is 12.7. The van der Waals surface area contributed by atoms with Gasteiger partial charge in [-0.2, -0.15) is 5.26 Å². The van der Waals surface area contributed by atoms with Gasteiger partial charge >= 0.3 is 0 Å². The fourth-order valence-electron chi connectivity index (χ4n) is 1.25. The van der Waals surface area contributed by atoms with Crippen molar-refractivity contribution >= 4 is 22.2 Å². The van der Waals surface area contributed by atoms with Crippen molar-refractivity contribution in [1.29, 1.82) is 5.26 Å².